The molecule has 0 N–H and O–H groups in total. The molecule has 0 saturated heterocycles. The van der Waals surface area contributed by atoms with Crippen LogP contribution in [-0.4, -0.2) is 4.92 Å². The van der Waals surface area contributed by atoms with Gasteiger partial charge in [-0.3, -0.25) is 10.1 Å². The fourth-order valence-corrected chi connectivity index (χ4v) is 1.54. The molecule has 0 unspecified atom stereocenters. The monoisotopic (exact) mass is 254 g/mol. The molecule has 2 aromatic carbocycles. The first kappa shape index (κ1) is 12.6. The molecule has 0 heterocycles. The Morgan fingerprint density at radius 2 is 1.89 bits per heavy atom. The number of hydrogen-bond donors (Lipinski definition) is 0. The predicted molar refractivity (Wildman–Crippen MR) is 69.1 cm³/mol. The number of nitrogens with zero attached hydrogens (tertiary/aromatic N) is 2. The first-order chi connectivity index (χ1) is 9.10. The molecule has 0 aromatic heterocycles. The summed E-state index contributed by atoms with van der Waals surface area (Å²) < 4.78 is 5.55. The number of aryl methyl sites for hydroxylation is 1. The van der Waals surface area contributed by atoms with Gasteiger partial charge < -0.3 is 4.74 Å². The lowest BCUT2D eigenvalue weighted by molar-refractivity contribution is -0.384. The Morgan fingerprint density at radius 3 is 2.47 bits per heavy atom. The third-order valence-electron chi connectivity index (χ3n) is 2.54. The molecule has 0 fully saturated rings. The average Bonchev–Trinajstić information content (AvgIpc) is 2.41. The third-order valence-corrected chi connectivity index (χ3v) is 2.54. The van der Waals surface area contributed by atoms with Gasteiger partial charge in [0.25, 0.3) is 5.69 Å². The molecule has 0 aliphatic heterocycles. The highest BCUT2D eigenvalue weighted by atomic mass is 16.6. The Kier molecular flexibility index (Phi) is 3.44. The van der Waals surface area contributed by atoms with E-state index in [2.05, 4.69) is 0 Å². The van der Waals surface area contributed by atoms with E-state index in [1.54, 1.807) is 12.1 Å². The maximum absolute atomic E-state index is 10.6. The number of non-ortho nitro benzene ring substituents is 1. The van der Waals surface area contributed by atoms with Gasteiger partial charge in [0.15, 0.2) is 0 Å². The largest absolute Gasteiger partial charge is 0.456 e. The van der Waals surface area contributed by atoms with Gasteiger partial charge in [-0.1, -0.05) is 17.7 Å². The number of nitro benzene ring substituents is 1. The Morgan fingerprint density at radius 1 is 1.21 bits per heavy atom. The van der Waals surface area contributed by atoms with Crippen LogP contribution in [0, 0.1) is 28.4 Å². The van der Waals surface area contributed by atoms with E-state index in [9.17, 15) is 10.1 Å². The summed E-state index contributed by atoms with van der Waals surface area (Å²) in [7, 11) is 0. The maximum atomic E-state index is 10.6. The zero-order chi connectivity index (χ0) is 13.8. The van der Waals surface area contributed by atoms with Crippen LogP contribution in [0.15, 0.2) is 42.5 Å². The lowest BCUT2D eigenvalue weighted by Crippen LogP contribution is -1.92. The van der Waals surface area contributed by atoms with E-state index in [-0.39, 0.29) is 11.3 Å². The minimum absolute atomic E-state index is 0.132. The minimum atomic E-state index is -0.545. The molecule has 0 aliphatic rings. The summed E-state index contributed by atoms with van der Waals surface area (Å²) in [4.78, 5) is 10.1. The highest BCUT2D eigenvalue weighted by molar-refractivity contribution is 5.51. The summed E-state index contributed by atoms with van der Waals surface area (Å²) in [5.41, 5.74) is 1.10. The number of rotatable bonds is 3. The number of hydrogen-bond acceptors (Lipinski definition) is 4. The van der Waals surface area contributed by atoms with Crippen LogP contribution in [0.5, 0.6) is 11.5 Å². The highest BCUT2D eigenvalue weighted by Crippen LogP contribution is 2.28. The molecule has 0 spiro atoms. The summed E-state index contributed by atoms with van der Waals surface area (Å²) in [6.07, 6.45) is 0. The Bertz CT molecular complexity index is 657. The molecule has 2 aromatic rings. The lowest BCUT2D eigenvalue weighted by atomic mass is 10.2. The molecule has 0 amide bonds. The Balaban J connectivity index is 2.33. The molecule has 19 heavy (non-hydrogen) atoms. The van der Waals surface area contributed by atoms with Gasteiger partial charge in [-0.15, -0.1) is 0 Å². The second-order valence-electron chi connectivity index (χ2n) is 3.96. The van der Waals surface area contributed by atoms with E-state index in [4.69, 9.17) is 10.00 Å². The highest BCUT2D eigenvalue weighted by Gasteiger charge is 2.12. The van der Waals surface area contributed by atoms with Gasteiger partial charge in [0.1, 0.15) is 23.1 Å². The molecule has 0 atom stereocenters. The fourth-order valence-electron chi connectivity index (χ4n) is 1.54. The summed E-state index contributed by atoms with van der Waals surface area (Å²) in [6, 6.07) is 13.1. The second kappa shape index (κ2) is 5.19. The van der Waals surface area contributed by atoms with E-state index in [1.807, 2.05) is 25.1 Å². The van der Waals surface area contributed by atoms with Crippen molar-refractivity contribution in [1.82, 2.24) is 0 Å². The van der Waals surface area contributed by atoms with E-state index < -0.39 is 4.92 Å². The van der Waals surface area contributed by atoms with Crippen molar-refractivity contribution in [3.05, 3.63) is 63.7 Å². The predicted octanol–water partition coefficient (Wildman–Crippen LogP) is 3.57. The summed E-state index contributed by atoms with van der Waals surface area (Å²) in [6.45, 7) is 1.95. The van der Waals surface area contributed by atoms with Crippen LogP contribution in [0.1, 0.15) is 11.1 Å². The van der Waals surface area contributed by atoms with Gasteiger partial charge in [0.2, 0.25) is 0 Å². The van der Waals surface area contributed by atoms with Crippen LogP contribution in [0.2, 0.25) is 0 Å². The lowest BCUT2D eigenvalue weighted by Gasteiger charge is -2.07. The number of nitro groups is 1. The van der Waals surface area contributed by atoms with Crippen molar-refractivity contribution in [3.63, 3.8) is 0 Å². The SMILES string of the molecule is Cc1ccc(Oc2ccc([N+](=O)[O-])cc2C#N)cc1. The molecular formula is C14H10N2O3. The van der Waals surface area contributed by atoms with E-state index in [0.29, 0.717) is 11.5 Å². The molecule has 94 valence electrons. The average molecular weight is 254 g/mol. The van der Waals surface area contributed by atoms with Gasteiger partial charge in [0, 0.05) is 12.1 Å². The zero-order valence-corrected chi connectivity index (χ0v) is 10.2. The molecule has 5 nitrogen and oxygen atoms in total. The van der Waals surface area contributed by atoms with Crippen LogP contribution in [0.25, 0.3) is 0 Å². The number of nitriles is 1. The standard InChI is InChI=1S/C14H10N2O3/c1-10-2-5-13(6-3-10)19-14-7-4-12(16(17)18)8-11(14)9-15/h2-8H,1H3. The normalized spacial score (nSPS) is 9.68. The first-order valence-corrected chi connectivity index (χ1v) is 5.53. The molecule has 0 saturated carbocycles. The summed E-state index contributed by atoms with van der Waals surface area (Å²) in [5, 5.41) is 19.6. The van der Waals surface area contributed by atoms with Crippen LogP contribution in [0.3, 0.4) is 0 Å². The van der Waals surface area contributed by atoms with Gasteiger partial charge in [-0.25, -0.2) is 0 Å². The van der Waals surface area contributed by atoms with Crippen LogP contribution in [-0.2, 0) is 0 Å². The van der Waals surface area contributed by atoms with Crippen LogP contribution in [0.4, 0.5) is 5.69 Å². The molecular weight excluding hydrogens is 244 g/mol. The Hall–Kier alpha value is -2.87. The minimum Gasteiger partial charge on any atom is -0.456 e. The van der Waals surface area contributed by atoms with Crippen molar-refractivity contribution in [3.8, 4) is 17.6 Å². The molecule has 0 aliphatic carbocycles. The summed E-state index contributed by atoms with van der Waals surface area (Å²) in [5.74, 6) is 0.882. The van der Waals surface area contributed by atoms with Gasteiger partial charge >= 0.3 is 0 Å². The quantitative estimate of drug-likeness (QED) is 0.619. The second-order valence-corrected chi connectivity index (χ2v) is 3.96. The maximum Gasteiger partial charge on any atom is 0.271 e. The van der Waals surface area contributed by atoms with Crippen molar-refractivity contribution < 1.29 is 9.66 Å². The summed E-state index contributed by atoms with van der Waals surface area (Å²) >= 11 is 0. The molecule has 2 rings (SSSR count). The van der Waals surface area contributed by atoms with Gasteiger partial charge in [-0.2, -0.15) is 5.26 Å². The van der Waals surface area contributed by atoms with E-state index >= 15 is 0 Å². The zero-order valence-electron chi connectivity index (χ0n) is 10.2. The van der Waals surface area contributed by atoms with Crippen molar-refractivity contribution in [2.24, 2.45) is 0 Å². The smallest absolute Gasteiger partial charge is 0.271 e. The van der Waals surface area contributed by atoms with Crippen molar-refractivity contribution in [1.29, 1.82) is 5.26 Å². The fraction of sp³-hybridized carbons (Fsp3) is 0.0714. The molecule has 0 bridgehead atoms. The van der Waals surface area contributed by atoms with Gasteiger partial charge in [-0.05, 0) is 25.1 Å². The van der Waals surface area contributed by atoms with Crippen molar-refractivity contribution in [2.75, 3.05) is 0 Å². The van der Waals surface area contributed by atoms with Gasteiger partial charge in [0.05, 0.1) is 4.92 Å². The number of ether oxygens (including phenoxy) is 1. The Labute approximate surface area is 109 Å². The van der Waals surface area contributed by atoms with Crippen LogP contribution >= 0.6 is 0 Å². The number of benzene rings is 2. The van der Waals surface area contributed by atoms with E-state index in [0.717, 1.165) is 5.56 Å². The molecule has 5 heteroatoms. The molecule has 0 radical (unpaired) electrons. The topological polar surface area (TPSA) is 76.2 Å². The third kappa shape index (κ3) is 2.87. The van der Waals surface area contributed by atoms with E-state index in [1.165, 1.54) is 18.2 Å². The van der Waals surface area contributed by atoms with Crippen molar-refractivity contribution in [2.45, 2.75) is 6.92 Å². The van der Waals surface area contributed by atoms with Crippen LogP contribution < -0.4 is 4.74 Å². The van der Waals surface area contributed by atoms with Crippen molar-refractivity contribution >= 4 is 5.69 Å². The first-order valence-electron chi connectivity index (χ1n) is 5.53.